The van der Waals surface area contributed by atoms with Gasteiger partial charge in [-0.25, -0.2) is 0 Å². The minimum Gasteiger partial charge on any atom is -0.388 e. The van der Waals surface area contributed by atoms with Crippen molar-refractivity contribution < 1.29 is 35.0 Å². The van der Waals surface area contributed by atoms with Crippen LogP contribution in [0.3, 0.4) is 0 Å². The van der Waals surface area contributed by atoms with Crippen LogP contribution < -0.4 is 0 Å². The van der Waals surface area contributed by atoms with E-state index in [1.807, 2.05) is 13.8 Å². The Bertz CT molecular complexity index is 1040. The zero-order valence-electron chi connectivity index (χ0n) is 15.9. The predicted octanol–water partition coefficient (Wildman–Crippen LogP) is 1.54. The molecule has 0 saturated carbocycles. The molecule has 1 aliphatic rings. The van der Waals surface area contributed by atoms with Crippen molar-refractivity contribution in [3.63, 3.8) is 0 Å². The van der Waals surface area contributed by atoms with Gasteiger partial charge in [0.1, 0.15) is 18.3 Å². The maximum Gasteiger partial charge on any atom is 0.297 e. The number of benzene rings is 2. The lowest BCUT2D eigenvalue weighted by atomic mass is 10.2. The van der Waals surface area contributed by atoms with Crippen molar-refractivity contribution in [2.75, 3.05) is 13.2 Å². The van der Waals surface area contributed by atoms with Gasteiger partial charge in [0.05, 0.1) is 23.0 Å². The van der Waals surface area contributed by atoms with Crippen LogP contribution in [-0.4, -0.2) is 53.5 Å². The van der Waals surface area contributed by atoms with Gasteiger partial charge in [-0.05, 0) is 38.1 Å². The van der Waals surface area contributed by atoms with Crippen LogP contribution in [0.1, 0.15) is 11.1 Å². The monoisotopic (exact) mass is 442 g/mol. The number of aryl methyl sites for hydroxylation is 2. The molecule has 1 fully saturated rings. The van der Waals surface area contributed by atoms with E-state index in [0.717, 1.165) is 11.1 Å². The summed E-state index contributed by atoms with van der Waals surface area (Å²) < 4.78 is 65.1. The molecule has 0 bridgehead atoms. The number of ether oxygens (including phenoxy) is 1. The second-order valence-corrected chi connectivity index (χ2v) is 10.0. The van der Waals surface area contributed by atoms with Crippen molar-refractivity contribution in [2.45, 2.75) is 42.0 Å². The summed E-state index contributed by atoms with van der Waals surface area (Å²) in [6.07, 6.45) is -3.62. The molecule has 0 spiro atoms. The molecule has 8 nitrogen and oxygen atoms in total. The molecule has 1 saturated heterocycles. The van der Waals surface area contributed by atoms with Crippen molar-refractivity contribution in [3.05, 3.63) is 59.7 Å². The minimum atomic E-state index is -4.18. The van der Waals surface area contributed by atoms with Gasteiger partial charge in [0.15, 0.2) is 0 Å². The largest absolute Gasteiger partial charge is 0.388 e. The molecule has 1 aliphatic heterocycles. The second kappa shape index (κ2) is 8.50. The van der Waals surface area contributed by atoms with Gasteiger partial charge in [-0.2, -0.15) is 16.8 Å². The molecular weight excluding hydrogens is 420 g/mol. The van der Waals surface area contributed by atoms with E-state index in [1.54, 1.807) is 24.3 Å². The fourth-order valence-corrected chi connectivity index (χ4v) is 4.81. The topological polar surface area (TPSA) is 116 Å². The van der Waals surface area contributed by atoms with E-state index >= 15 is 0 Å². The Balaban J connectivity index is 1.71. The molecule has 3 rings (SSSR count). The van der Waals surface area contributed by atoms with E-state index in [9.17, 15) is 21.9 Å². The number of hydrogen-bond donors (Lipinski definition) is 1. The molecule has 0 aromatic heterocycles. The SMILES string of the molecule is Cc1ccc(S(=O)(=O)OC[C@H]2OC[C@H](O)[C@H]2OS(=O)(=O)c2ccc(C)cc2)cc1. The lowest BCUT2D eigenvalue weighted by molar-refractivity contribution is 0.0178. The summed E-state index contributed by atoms with van der Waals surface area (Å²) in [5, 5.41) is 10.1. The molecule has 29 heavy (non-hydrogen) atoms. The van der Waals surface area contributed by atoms with Gasteiger partial charge in [-0.3, -0.25) is 8.37 Å². The quantitative estimate of drug-likeness (QED) is 0.642. The van der Waals surface area contributed by atoms with Crippen LogP contribution in [0.25, 0.3) is 0 Å². The van der Waals surface area contributed by atoms with Crippen LogP contribution in [0.4, 0.5) is 0 Å². The molecule has 0 aliphatic carbocycles. The van der Waals surface area contributed by atoms with Crippen molar-refractivity contribution in [2.24, 2.45) is 0 Å². The Kier molecular flexibility index (Phi) is 6.42. The highest BCUT2D eigenvalue weighted by molar-refractivity contribution is 7.87. The normalized spacial score (nSPS) is 22.7. The number of hydrogen-bond acceptors (Lipinski definition) is 8. The lowest BCUT2D eigenvalue weighted by Gasteiger charge is -2.20. The molecule has 3 atom stereocenters. The summed E-state index contributed by atoms with van der Waals surface area (Å²) >= 11 is 0. The van der Waals surface area contributed by atoms with Crippen LogP contribution in [0.15, 0.2) is 58.3 Å². The van der Waals surface area contributed by atoms with Gasteiger partial charge < -0.3 is 9.84 Å². The maximum atomic E-state index is 12.5. The fraction of sp³-hybridized carbons (Fsp3) is 0.368. The third-order valence-corrected chi connectivity index (χ3v) is 7.09. The maximum absolute atomic E-state index is 12.5. The summed E-state index contributed by atoms with van der Waals surface area (Å²) in [4.78, 5) is -0.111. The first-order valence-corrected chi connectivity index (χ1v) is 11.7. The summed E-state index contributed by atoms with van der Waals surface area (Å²) in [7, 11) is -8.25. The van der Waals surface area contributed by atoms with Gasteiger partial charge in [-0.15, -0.1) is 0 Å². The van der Waals surface area contributed by atoms with E-state index in [2.05, 4.69) is 0 Å². The van der Waals surface area contributed by atoms with Crippen molar-refractivity contribution in [1.82, 2.24) is 0 Å². The molecule has 1 heterocycles. The average Bonchev–Trinajstić information content (AvgIpc) is 3.00. The first-order chi connectivity index (χ1) is 13.6. The van der Waals surface area contributed by atoms with Gasteiger partial charge in [0.25, 0.3) is 20.2 Å². The molecule has 0 radical (unpaired) electrons. The van der Waals surface area contributed by atoms with E-state index in [1.165, 1.54) is 24.3 Å². The molecule has 2 aromatic rings. The summed E-state index contributed by atoms with van der Waals surface area (Å²) in [5.74, 6) is 0. The first kappa shape index (κ1) is 21.9. The summed E-state index contributed by atoms with van der Waals surface area (Å²) in [6.45, 7) is 2.93. The van der Waals surface area contributed by atoms with Crippen LogP contribution in [0.5, 0.6) is 0 Å². The van der Waals surface area contributed by atoms with Gasteiger partial charge in [0.2, 0.25) is 0 Å². The number of aliphatic hydroxyl groups excluding tert-OH is 1. The van der Waals surface area contributed by atoms with Gasteiger partial charge in [0, 0.05) is 0 Å². The highest BCUT2D eigenvalue weighted by Gasteiger charge is 2.41. The smallest absolute Gasteiger partial charge is 0.297 e. The third-order valence-electron chi connectivity index (χ3n) is 4.47. The fourth-order valence-electron chi connectivity index (χ4n) is 2.77. The van der Waals surface area contributed by atoms with Crippen LogP contribution >= 0.6 is 0 Å². The number of aliphatic hydroxyl groups is 1. The highest BCUT2D eigenvalue weighted by atomic mass is 32.2. The summed E-state index contributed by atoms with van der Waals surface area (Å²) in [6, 6.07) is 12.1. The van der Waals surface area contributed by atoms with Gasteiger partial charge in [-0.1, -0.05) is 35.4 Å². The molecule has 1 N–H and O–H groups in total. The first-order valence-electron chi connectivity index (χ1n) is 8.84. The van der Waals surface area contributed by atoms with E-state index in [-0.39, 0.29) is 16.4 Å². The number of rotatable bonds is 7. The Morgan fingerprint density at radius 1 is 0.897 bits per heavy atom. The molecule has 0 amide bonds. The van der Waals surface area contributed by atoms with Crippen LogP contribution in [-0.2, 0) is 33.3 Å². The molecule has 0 unspecified atom stereocenters. The minimum absolute atomic E-state index is 0.0357. The Labute approximate surface area is 170 Å². The Hall–Kier alpha value is -1.82. The van der Waals surface area contributed by atoms with Crippen molar-refractivity contribution in [3.8, 4) is 0 Å². The third kappa shape index (κ3) is 5.21. The summed E-state index contributed by atoms with van der Waals surface area (Å²) in [5.41, 5.74) is 1.77. The molecular formula is C19H22O8S2. The van der Waals surface area contributed by atoms with Crippen LogP contribution in [0, 0.1) is 13.8 Å². The van der Waals surface area contributed by atoms with Crippen LogP contribution in [0.2, 0.25) is 0 Å². The predicted molar refractivity (Wildman–Crippen MR) is 103 cm³/mol. The second-order valence-electron chi connectivity index (χ2n) is 6.82. The van der Waals surface area contributed by atoms with E-state index in [4.69, 9.17) is 13.1 Å². The molecule has 2 aromatic carbocycles. The lowest BCUT2D eigenvalue weighted by Crippen LogP contribution is -2.38. The zero-order valence-corrected chi connectivity index (χ0v) is 17.5. The van der Waals surface area contributed by atoms with Crippen molar-refractivity contribution >= 4 is 20.2 Å². The Morgan fingerprint density at radius 3 is 1.90 bits per heavy atom. The van der Waals surface area contributed by atoms with E-state index in [0.29, 0.717) is 0 Å². The Morgan fingerprint density at radius 2 is 1.38 bits per heavy atom. The van der Waals surface area contributed by atoms with E-state index < -0.39 is 45.2 Å². The zero-order chi connectivity index (χ0) is 21.2. The molecule has 10 heteroatoms. The van der Waals surface area contributed by atoms with Gasteiger partial charge >= 0.3 is 0 Å². The highest BCUT2D eigenvalue weighted by Crippen LogP contribution is 2.25. The standard InChI is InChI=1S/C19H22O8S2/c1-13-3-7-15(8-4-13)28(21,22)26-12-18-19(17(20)11-25-18)27-29(23,24)16-9-5-14(2)6-10-16/h3-10,17-20H,11-12H2,1-2H3/t17-,18+,19+/m0/s1. The average molecular weight is 443 g/mol. The van der Waals surface area contributed by atoms with Crippen molar-refractivity contribution in [1.29, 1.82) is 0 Å². The molecule has 158 valence electrons.